The molecule has 0 spiro atoms. The molecule has 0 fully saturated rings. The monoisotopic (exact) mass is 637 g/mol. The standard InChI is InChI=1S/C42H23NO2S2/c1-4-13-34-26(8-1)28-18-16-24(22-36(28)44-34)43(25-17-19-29-27-9-2-5-14-35(27)45-37(29)23-25)33-12-7-11-30-31-20-21-39-40(42(31)47-41(30)33)32-10-3-6-15-38(32)46-39/h1-23H. The van der Waals surface area contributed by atoms with Gasteiger partial charge in [-0.1, -0.05) is 72.8 Å². The fraction of sp³-hybridized carbons (Fsp3) is 0. The summed E-state index contributed by atoms with van der Waals surface area (Å²) in [5, 5.41) is 9.73. The molecular weight excluding hydrogens is 615 g/mol. The average Bonchev–Trinajstić information content (AvgIpc) is 3.87. The Labute approximate surface area is 276 Å². The zero-order valence-corrected chi connectivity index (χ0v) is 26.5. The van der Waals surface area contributed by atoms with Crippen molar-refractivity contribution in [2.75, 3.05) is 4.90 Å². The minimum atomic E-state index is 0.869. The zero-order valence-electron chi connectivity index (χ0n) is 24.9. The lowest BCUT2D eigenvalue weighted by Crippen LogP contribution is -2.09. The second-order valence-corrected chi connectivity index (χ2v) is 14.2. The number of hydrogen-bond donors (Lipinski definition) is 0. The molecule has 0 aliphatic heterocycles. The van der Waals surface area contributed by atoms with Gasteiger partial charge in [0.2, 0.25) is 0 Å². The van der Waals surface area contributed by atoms with Gasteiger partial charge >= 0.3 is 0 Å². The van der Waals surface area contributed by atoms with Gasteiger partial charge in [0.25, 0.3) is 0 Å². The molecule has 0 atom stereocenters. The zero-order chi connectivity index (χ0) is 30.6. The van der Waals surface area contributed by atoms with E-state index in [2.05, 4.69) is 120 Å². The number of benzene rings is 7. The summed E-state index contributed by atoms with van der Waals surface area (Å²) in [6.07, 6.45) is 0. The van der Waals surface area contributed by atoms with Crippen molar-refractivity contribution in [1.82, 2.24) is 0 Å². The molecule has 4 aromatic heterocycles. The van der Waals surface area contributed by atoms with Gasteiger partial charge in [0.1, 0.15) is 22.3 Å². The Hall–Kier alpha value is -5.62. The fourth-order valence-electron chi connectivity index (χ4n) is 7.36. The first-order valence-corrected chi connectivity index (χ1v) is 17.3. The third-order valence-electron chi connectivity index (χ3n) is 9.47. The largest absolute Gasteiger partial charge is 0.456 e. The summed E-state index contributed by atoms with van der Waals surface area (Å²) >= 11 is 3.76. The number of furan rings is 2. The number of thiophene rings is 2. The fourth-order valence-corrected chi connectivity index (χ4v) is 9.90. The molecule has 0 saturated heterocycles. The molecule has 5 heteroatoms. The number of fused-ring (bicyclic) bond motifs is 13. The molecule has 7 aromatic carbocycles. The van der Waals surface area contributed by atoms with E-state index in [0.717, 1.165) is 60.9 Å². The number of nitrogens with zero attached hydrogens (tertiary/aromatic N) is 1. The third kappa shape index (κ3) is 3.61. The predicted molar refractivity (Wildman–Crippen MR) is 201 cm³/mol. The Kier molecular flexibility index (Phi) is 5.14. The quantitative estimate of drug-likeness (QED) is 0.193. The predicted octanol–water partition coefficient (Wildman–Crippen LogP) is 13.7. The average molecular weight is 638 g/mol. The molecule has 220 valence electrons. The van der Waals surface area contributed by atoms with E-state index in [1.54, 1.807) is 0 Å². The van der Waals surface area contributed by atoms with E-state index in [1.165, 1.54) is 40.3 Å². The number of hydrogen-bond acceptors (Lipinski definition) is 5. The van der Waals surface area contributed by atoms with Gasteiger partial charge in [0, 0.05) is 80.7 Å². The number of rotatable bonds is 3. The van der Waals surface area contributed by atoms with Crippen LogP contribution >= 0.6 is 22.7 Å². The van der Waals surface area contributed by atoms with Crippen LogP contribution in [0.15, 0.2) is 148 Å². The van der Waals surface area contributed by atoms with Crippen LogP contribution in [0.25, 0.3) is 84.2 Å². The van der Waals surface area contributed by atoms with Crippen molar-refractivity contribution < 1.29 is 8.83 Å². The first kappa shape index (κ1) is 25.6. The Bertz CT molecular complexity index is 2930. The van der Waals surface area contributed by atoms with E-state index < -0.39 is 0 Å². The SMILES string of the molecule is c1ccc2c(c1)oc1cc(N(c3ccc4c(c3)oc3ccccc34)c3cccc4c3sc3c4ccc4sc5ccccc5c43)ccc12. The second-order valence-electron chi connectivity index (χ2n) is 12.1. The molecule has 0 bridgehead atoms. The van der Waals surface area contributed by atoms with Crippen molar-refractivity contribution in [3.63, 3.8) is 0 Å². The first-order chi connectivity index (χ1) is 23.3. The van der Waals surface area contributed by atoms with Crippen LogP contribution in [0.2, 0.25) is 0 Å². The molecule has 47 heavy (non-hydrogen) atoms. The highest BCUT2D eigenvalue weighted by Crippen LogP contribution is 2.49. The van der Waals surface area contributed by atoms with E-state index in [4.69, 9.17) is 8.83 Å². The molecule has 0 amide bonds. The third-order valence-corrected chi connectivity index (χ3v) is 11.9. The van der Waals surface area contributed by atoms with Crippen molar-refractivity contribution in [3.8, 4) is 0 Å². The van der Waals surface area contributed by atoms with Crippen LogP contribution in [0, 0.1) is 0 Å². The van der Waals surface area contributed by atoms with Gasteiger partial charge in [-0.25, -0.2) is 0 Å². The Morgan fingerprint density at radius 3 is 1.64 bits per heavy atom. The van der Waals surface area contributed by atoms with Crippen molar-refractivity contribution in [2.45, 2.75) is 0 Å². The van der Waals surface area contributed by atoms with Gasteiger partial charge in [0.15, 0.2) is 0 Å². The van der Waals surface area contributed by atoms with E-state index in [0.29, 0.717) is 0 Å². The van der Waals surface area contributed by atoms with Crippen molar-refractivity contribution >= 4 is 124 Å². The first-order valence-electron chi connectivity index (χ1n) is 15.7. The summed E-state index contributed by atoms with van der Waals surface area (Å²) in [6.45, 7) is 0. The van der Waals surface area contributed by atoms with Gasteiger partial charge in [-0.15, -0.1) is 22.7 Å². The second kappa shape index (κ2) is 9.46. The molecule has 0 aliphatic carbocycles. The maximum absolute atomic E-state index is 6.40. The van der Waals surface area contributed by atoms with E-state index in [1.807, 2.05) is 46.9 Å². The molecule has 0 saturated carbocycles. The van der Waals surface area contributed by atoms with Crippen LogP contribution in [0.5, 0.6) is 0 Å². The van der Waals surface area contributed by atoms with Gasteiger partial charge < -0.3 is 13.7 Å². The van der Waals surface area contributed by atoms with Crippen LogP contribution in [0.4, 0.5) is 17.1 Å². The summed E-state index contributed by atoms with van der Waals surface area (Å²) in [7, 11) is 0. The molecule has 4 heterocycles. The van der Waals surface area contributed by atoms with Crippen molar-refractivity contribution in [1.29, 1.82) is 0 Å². The van der Waals surface area contributed by atoms with Crippen molar-refractivity contribution in [2.24, 2.45) is 0 Å². The lowest BCUT2D eigenvalue weighted by molar-refractivity contribution is 0.669. The summed E-state index contributed by atoms with van der Waals surface area (Å²) in [6, 6.07) is 49.7. The maximum atomic E-state index is 6.40. The highest BCUT2D eigenvalue weighted by atomic mass is 32.1. The molecule has 11 rings (SSSR count). The van der Waals surface area contributed by atoms with Crippen LogP contribution in [-0.2, 0) is 0 Å². The van der Waals surface area contributed by atoms with Crippen LogP contribution in [0.1, 0.15) is 0 Å². The molecular formula is C42H23NO2S2. The molecule has 0 unspecified atom stereocenters. The van der Waals surface area contributed by atoms with Crippen LogP contribution < -0.4 is 4.90 Å². The van der Waals surface area contributed by atoms with Gasteiger partial charge in [0.05, 0.1) is 10.4 Å². The lowest BCUT2D eigenvalue weighted by atomic mass is 10.1. The Morgan fingerprint density at radius 2 is 0.936 bits per heavy atom. The minimum Gasteiger partial charge on any atom is -0.456 e. The maximum Gasteiger partial charge on any atom is 0.137 e. The van der Waals surface area contributed by atoms with Crippen molar-refractivity contribution in [3.05, 3.63) is 140 Å². The smallest absolute Gasteiger partial charge is 0.137 e. The Balaban J connectivity index is 1.21. The molecule has 11 aromatic rings. The topological polar surface area (TPSA) is 29.5 Å². The lowest BCUT2D eigenvalue weighted by Gasteiger charge is -2.26. The van der Waals surface area contributed by atoms with Gasteiger partial charge in [-0.05, 0) is 54.6 Å². The van der Waals surface area contributed by atoms with E-state index >= 15 is 0 Å². The molecule has 0 aliphatic rings. The Morgan fingerprint density at radius 1 is 0.383 bits per heavy atom. The highest BCUT2D eigenvalue weighted by Gasteiger charge is 2.22. The van der Waals surface area contributed by atoms with Gasteiger partial charge in [-0.3, -0.25) is 0 Å². The molecule has 3 nitrogen and oxygen atoms in total. The number of para-hydroxylation sites is 2. The van der Waals surface area contributed by atoms with E-state index in [9.17, 15) is 0 Å². The summed E-state index contributed by atoms with van der Waals surface area (Å²) in [5.41, 5.74) is 6.72. The highest BCUT2D eigenvalue weighted by molar-refractivity contribution is 7.30. The van der Waals surface area contributed by atoms with Crippen LogP contribution in [0.3, 0.4) is 0 Å². The van der Waals surface area contributed by atoms with Crippen LogP contribution in [-0.4, -0.2) is 0 Å². The summed E-state index contributed by atoms with van der Waals surface area (Å²) < 4.78 is 18.0. The summed E-state index contributed by atoms with van der Waals surface area (Å²) in [5.74, 6) is 0. The van der Waals surface area contributed by atoms with E-state index in [-0.39, 0.29) is 0 Å². The molecule has 0 radical (unpaired) electrons. The normalized spacial score (nSPS) is 12.3. The van der Waals surface area contributed by atoms with Gasteiger partial charge in [-0.2, -0.15) is 0 Å². The molecule has 0 N–H and O–H groups in total. The number of anilines is 3. The summed E-state index contributed by atoms with van der Waals surface area (Å²) in [4.78, 5) is 2.36. The minimum absolute atomic E-state index is 0.869.